The number of hydrogen-bond donors (Lipinski definition) is 1. The second-order valence-electron chi connectivity index (χ2n) is 4.99. The maximum atomic E-state index is 12.3. The zero-order valence-corrected chi connectivity index (χ0v) is 13.5. The molecule has 0 fully saturated rings. The molecule has 0 bridgehead atoms. The zero-order valence-electron chi connectivity index (χ0n) is 11.9. The minimum atomic E-state index is -0.564. The van der Waals surface area contributed by atoms with Gasteiger partial charge in [-0.2, -0.15) is 0 Å². The van der Waals surface area contributed by atoms with E-state index in [2.05, 4.69) is 15.9 Å². The molecule has 116 valence electrons. The molecule has 1 aromatic heterocycles. The van der Waals surface area contributed by atoms with Gasteiger partial charge in [-0.3, -0.25) is 10.1 Å². The van der Waals surface area contributed by atoms with Gasteiger partial charge in [0.1, 0.15) is 11.3 Å². The van der Waals surface area contributed by atoms with Gasteiger partial charge in [0.2, 0.25) is 0 Å². The van der Waals surface area contributed by atoms with Crippen LogP contribution in [0.1, 0.15) is 5.56 Å². The van der Waals surface area contributed by atoms with E-state index in [0.29, 0.717) is 26.5 Å². The monoisotopic (exact) mass is 375 g/mol. The first-order chi connectivity index (χ1) is 10.9. The van der Waals surface area contributed by atoms with E-state index in [0.717, 1.165) is 0 Å². The van der Waals surface area contributed by atoms with Crippen molar-refractivity contribution in [1.82, 2.24) is 0 Å². The number of phenols is 1. The Hall–Kier alpha value is -2.67. The Kier molecular flexibility index (Phi) is 3.65. The summed E-state index contributed by atoms with van der Waals surface area (Å²) in [6, 6.07) is 8.74. The first-order valence-electron chi connectivity index (χ1n) is 6.59. The van der Waals surface area contributed by atoms with E-state index in [1.807, 2.05) is 0 Å². The third-order valence-electron chi connectivity index (χ3n) is 3.60. The molecule has 3 rings (SSSR count). The van der Waals surface area contributed by atoms with E-state index in [-0.39, 0.29) is 17.0 Å². The van der Waals surface area contributed by atoms with Crippen LogP contribution in [0, 0.1) is 17.0 Å². The Morgan fingerprint density at radius 2 is 1.87 bits per heavy atom. The minimum Gasteiger partial charge on any atom is -0.507 e. The van der Waals surface area contributed by atoms with Crippen LogP contribution in [0.15, 0.2) is 50.1 Å². The highest BCUT2D eigenvalue weighted by molar-refractivity contribution is 9.10. The molecule has 0 radical (unpaired) electrons. The number of phenolic OH excluding ortho intramolecular Hbond substituents is 1. The Labute approximate surface area is 138 Å². The lowest BCUT2D eigenvalue weighted by atomic mass is 9.99. The van der Waals surface area contributed by atoms with Crippen molar-refractivity contribution in [1.29, 1.82) is 0 Å². The van der Waals surface area contributed by atoms with Crippen molar-refractivity contribution in [3.8, 4) is 16.9 Å². The van der Waals surface area contributed by atoms with Crippen molar-refractivity contribution < 1.29 is 14.4 Å². The molecule has 6 nitrogen and oxygen atoms in total. The Bertz CT molecular complexity index is 992. The largest absolute Gasteiger partial charge is 0.507 e. The maximum absolute atomic E-state index is 12.3. The summed E-state index contributed by atoms with van der Waals surface area (Å²) >= 11 is 3.23. The number of nitrogens with zero attached hydrogens (tertiary/aromatic N) is 1. The summed E-state index contributed by atoms with van der Waals surface area (Å²) in [5.74, 6) is -0.0249. The standard InChI is InChI=1S/C16H10BrNO5/c1-8-11-6-12(17)13(19)7-14(11)23-16(20)15(8)9-2-4-10(5-3-9)18(21)22/h2-7,19H,1H3. The van der Waals surface area contributed by atoms with Crippen molar-refractivity contribution in [2.45, 2.75) is 6.92 Å². The summed E-state index contributed by atoms with van der Waals surface area (Å²) in [4.78, 5) is 22.5. The predicted octanol–water partition coefficient (Wildman–Crippen LogP) is 4.14. The van der Waals surface area contributed by atoms with Crippen molar-refractivity contribution in [3.05, 3.63) is 67.0 Å². The van der Waals surface area contributed by atoms with Crippen molar-refractivity contribution >= 4 is 32.6 Å². The van der Waals surface area contributed by atoms with Crippen LogP contribution < -0.4 is 5.63 Å². The summed E-state index contributed by atoms with van der Waals surface area (Å²) in [6.07, 6.45) is 0. The van der Waals surface area contributed by atoms with Gasteiger partial charge in [0.25, 0.3) is 5.69 Å². The highest BCUT2D eigenvalue weighted by Crippen LogP contribution is 2.33. The van der Waals surface area contributed by atoms with Crippen molar-refractivity contribution in [2.24, 2.45) is 0 Å². The summed E-state index contributed by atoms with van der Waals surface area (Å²) in [6.45, 7) is 1.76. The summed E-state index contributed by atoms with van der Waals surface area (Å²) in [5.41, 5.74) is 1.21. The Balaban J connectivity index is 2.27. The summed E-state index contributed by atoms with van der Waals surface area (Å²) in [5, 5.41) is 21.1. The second-order valence-corrected chi connectivity index (χ2v) is 5.85. The van der Waals surface area contributed by atoms with E-state index < -0.39 is 10.5 Å². The highest BCUT2D eigenvalue weighted by Gasteiger charge is 2.16. The van der Waals surface area contributed by atoms with Crippen molar-refractivity contribution in [3.63, 3.8) is 0 Å². The Morgan fingerprint density at radius 3 is 2.48 bits per heavy atom. The molecule has 2 aromatic carbocycles. The van der Waals surface area contributed by atoms with Gasteiger partial charge in [-0.05, 0) is 52.2 Å². The highest BCUT2D eigenvalue weighted by atomic mass is 79.9. The van der Waals surface area contributed by atoms with Crippen molar-refractivity contribution in [2.75, 3.05) is 0 Å². The molecule has 0 unspecified atom stereocenters. The van der Waals surface area contributed by atoms with Crippen LogP contribution in [0.2, 0.25) is 0 Å². The molecular formula is C16H10BrNO5. The van der Waals surface area contributed by atoms with Gasteiger partial charge in [-0.15, -0.1) is 0 Å². The zero-order chi connectivity index (χ0) is 16.7. The predicted molar refractivity (Wildman–Crippen MR) is 88.7 cm³/mol. The fraction of sp³-hybridized carbons (Fsp3) is 0.0625. The fourth-order valence-corrected chi connectivity index (χ4v) is 2.79. The number of nitro benzene ring substituents is 1. The molecular weight excluding hydrogens is 366 g/mol. The number of benzene rings is 2. The lowest BCUT2D eigenvalue weighted by Crippen LogP contribution is -2.06. The molecule has 0 saturated carbocycles. The lowest BCUT2D eigenvalue weighted by Gasteiger charge is -2.09. The Morgan fingerprint density at radius 1 is 1.22 bits per heavy atom. The number of nitro groups is 1. The molecule has 0 aliphatic heterocycles. The molecule has 3 aromatic rings. The first-order valence-corrected chi connectivity index (χ1v) is 7.38. The van der Waals surface area contributed by atoms with Crippen LogP contribution in [-0.4, -0.2) is 10.0 Å². The maximum Gasteiger partial charge on any atom is 0.344 e. The van der Waals surface area contributed by atoms with Gasteiger partial charge in [0.05, 0.1) is 15.0 Å². The molecule has 1 N–H and O–H groups in total. The average molecular weight is 376 g/mol. The van der Waals surface area contributed by atoms with Crippen LogP contribution >= 0.6 is 15.9 Å². The van der Waals surface area contributed by atoms with Crippen LogP contribution in [0.25, 0.3) is 22.1 Å². The quantitative estimate of drug-likeness (QED) is 0.412. The van der Waals surface area contributed by atoms with Gasteiger partial charge >= 0.3 is 5.63 Å². The molecule has 0 aliphatic rings. The molecule has 0 spiro atoms. The molecule has 0 atom stereocenters. The van der Waals surface area contributed by atoms with Gasteiger partial charge in [-0.25, -0.2) is 4.79 Å². The summed E-state index contributed by atoms with van der Waals surface area (Å²) < 4.78 is 5.75. The lowest BCUT2D eigenvalue weighted by molar-refractivity contribution is -0.384. The van der Waals surface area contributed by atoms with Crippen LogP contribution in [0.5, 0.6) is 5.75 Å². The van der Waals surface area contributed by atoms with Crippen LogP contribution in [0.4, 0.5) is 5.69 Å². The normalized spacial score (nSPS) is 10.9. The molecule has 7 heteroatoms. The third-order valence-corrected chi connectivity index (χ3v) is 4.24. The first kappa shape index (κ1) is 15.2. The van der Waals surface area contributed by atoms with E-state index in [1.54, 1.807) is 13.0 Å². The van der Waals surface area contributed by atoms with Gasteiger partial charge in [0, 0.05) is 23.6 Å². The number of rotatable bonds is 2. The molecule has 0 amide bonds. The van der Waals surface area contributed by atoms with E-state index >= 15 is 0 Å². The number of non-ortho nitro benzene ring substituents is 1. The molecule has 23 heavy (non-hydrogen) atoms. The smallest absolute Gasteiger partial charge is 0.344 e. The molecule has 1 heterocycles. The van der Waals surface area contributed by atoms with Crippen LogP contribution in [-0.2, 0) is 0 Å². The number of hydrogen-bond acceptors (Lipinski definition) is 5. The number of halogens is 1. The van der Waals surface area contributed by atoms with E-state index in [1.165, 1.54) is 30.3 Å². The second kappa shape index (κ2) is 5.51. The van der Waals surface area contributed by atoms with Gasteiger partial charge in [-0.1, -0.05) is 0 Å². The third kappa shape index (κ3) is 2.59. The van der Waals surface area contributed by atoms with Crippen LogP contribution in [0.3, 0.4) is 0 Å². The summed E-state index contributed by atoms with van der Waals surface area (Å²) in [7, 11) is 0. The molecule has 0 aliphatic carbocycles. The number of fused-ring (bicyclic) bond motifs is 1. The van der Waals surface area contributed by atoms with Gasteiger partial charge < -0.3 is 9.52 Å². The van der Waals surface area contributed by atoms with E-state index in [4.69, 9.17) is 4.42 Å². The molecule has 0 saturated heterocycles. The topological polar surface area (TPSA) is 93.6 Å². The fourth-order valence-electron chi connectivity index (χ4n) is 2.44. The SMILES string of the molecule is Cc1c(-c2ccc([N+](=O)[O-])cc2)c(=O)oc2cc(O)c(Br)cc12. The number of aromatic hydroxyl groups is 1. The minimum absolute atomic E-state index is 0.0249. The average Bonchev–Trinajstić information content (AvgIpc) is 2.50. The number of aryl methyl sites for hydroxylation is 1. The van der Waals surface area contributed by atoms with Gasteiger partial charge in [0.15, 0.2) is 0 Å². The van der Waals surface area contributed by atoms with E-state index in [9.17, 15) is 20.0 Å².